The van der Waals surface area contributed by atoms with Crippen LogP contribution < -0.4 is 5.73 Å². The van der Waals surface area contributed by atoms with Gasteiger partial charge in [0.15, 0.2) is 0 Å². The van der Waals surface area contributed by atoms with E-state index in [4.69, 9.17) is 10.8 Å². The molecule has 2 atom stereocenters. The highest BCUT2D eigenvalue weighted by Gasteiger charge is 2.14. The van der Waals surface area contributed by atoms with Crippen LogP contribution in [-0.4, -0.2) is 23.4 Å². The molecule has 2 unspecified atom stereocenters. The summed E-state index contributed by atoms with van der Waals surface area (Å²) in [7, 11) is 0. The van der Waals surface area contributed by atoms with Crippen molar-refractivity contribution < 1.29 is 10.2 Å². The zero-order valence-electron chi connectivity index (χ0n) is 16.1. The third kappa shape index (κ3) is 9.98. The summed E-state index contributed by atoms with van der Waals surface area (Å²) >= 11 is 0. The molecule has 4 N–H and O–H groups in total. The van der Waals surface area contributed by atoms with Gasteiger partial charge in [-0.1, -0.05) is 76.1 Å². The van der Waals surface area contributed by atoms with Crippen molar-refractivity contribution in [2.45, 2.75) is 83.6 Å². The maximum atomic E-state index is 9.33. The quantitative estimate of drug-likeness (QED) is 0.400. The van der Waals surface area contributed by atoms with E-state index in [1.165, 1.54) is 56.9 Å². The van der Waals surface area contributed by atoms with E-state index in [1.807, 2.05) is 0 Å². The number of benzene rings is 1. The molecule has 0 radical (unpaired) electrons. The van der Waals surface area contributed by atoms with Crippen molar-refractivity contribution in [2.24, 2.45) is 11.7 Å². The number of hydrogen-bond acceptors (Lipinski definition) is 3. The smallest absolute Gasteiger partial charge is 0.0460 e. The van der Waals surface area contributed by atoms with Gasteiger partial charge in [0.05, 0.1) is 0 Å². The number of hydrogen-bond donors (Lipinski definition) is 3. The second kappa shape index (κ2) is 14.3. The largest absolute Gasteiger partial charge is 0.396 e. The summed E-state index contributed by atoms with van der Waals surface area (Å²) < 4.78 is 0. The van der Waals surface area contributed by atoms with Crippen molar-refractivity contribution in [1.82, 2.24) is 0 Å². The lowest BCUT2D eigenvalue weighted by Crippen LogP contribution is -2.18. The molecule has 1 aromatic rings. The summed E-state index contributed by atoms with van der Waals surface area (Å²) in [4.78, 5) is 0. The molecule has 25 heavy (non-hydrogen) atoms. The number of unbranched alkanes of at least 4 members (excludes halogenated alkanes) is 7. The van der Waals surface area contributed by atoms with Crippen LogP contribution in [0.15, 0.2) is 24.3 Å². The van der Waals surface area contributed by atoms with Crippen molar-refractivity contribution in [3.8, 4) is 0 Å². The van der Waals surface area contributed by atoms with E-state index >= 15 is 0 Å². The van der Waals surface area contributed by atoms with Gasteiger partial charge >= 0.3 is 0 Å². The molecule has 1 aromatic carbocycles. The van der Waals surface area contributed by atoms with Crippen LogP contribution in [-0.2, 0) is 6.42 Å². The highest BCUT2D eigenvalue weighted by Crippen LogP contribution is 2.22. The van der Waals surface area contributed by atoms with Crippen molar-refractivity contribution in [3.05, 3.63) is 35.4 Å². The number of aliphatic hydroxyl groups excluding tert-OH is 2. The van der Waals surface area contributed by atoms with Gasteiger partial charge in [-0.05, 0) is 42.7 Å². The van der Waals surface area contributed by atoms with E-state index in [0.29, 0.717) is 12.8 Å². The monoisotopic (exact) mass is 349 g/mol. The molecule has 0 heterocycles. The Morgan fingerprint density at radius 3 is 2.04 bits per heavy atom. The van der Waals surface area contributed by atoms with Crippen molar-refractivity contribution in [2.75, 3.05) is 13.2 Å². The second-order valence-corrected chi connectivity index (χ2v) is 7.37. The second-order valence-electron chi connectivity index (χ2n) is 7.37. The number of nitrogens with two attached hydrogens (primary N) is 1. The van der Waals surface area contributed by atoms with Crippen LogP contribution in [0.3, 0.4) is 0 Å². The molecule has 0 saturated carbocycles. The summed E-state index contributed by atoms with van der Waals surface area (Å²) in [6, 6.07) is 8.56. The fraction of sp³-hybridized carbons (Fsp3) is 0.727. The summed E-state index contributed by atoms with van der Waals surface area (Å²) in [6.07, 6.45) is 13.3. The predicted molar refractivity (Wildman–Crippen MR) is 107 cm³/mol. The van der Waals surface area contributed by atoms with Crippen LogP contribution >= 0.6 is 0 Å². The molecule has 3 heteroatoms. The van der Waals surface area contributed by atoms with Crippen LogP contribution in [0.2, 0.25) is 0 Å². The van der Waals surface area contributed by atoms with E-state index in [2.05, 4.69) is 31.2 Å². The first-order valence-electron chi connectivity index (χ1n) is 10.3. The molecule has 1 rings (SSSR count). The molecule has 0 aliphatic heterocycles. The average Bonchev–Trinajstić information content (AvgIpc) is 2.64. The zero-order valence-corrected chi connectivity index (χ0v) is 16.1. The predicted octanol–water partition coefficient (Wildman–Crippen LogP) is 4.75. The molecular weight excluding hydrogens is 310 g/mol. The van der Waals surface area contributed by atoms with E-state index in [1.54, 1.807) is 0 Å². The topological polar surface area (TPSA) is 66.5 Å². The first-order valence-corrected chi connectivity index (χ1v) is 10.3. The van der Waals surface area contributed by atoms with Crippen molar-refractivity contribution >= 4 is 0 Å². The molecule has 144 valence electrons. The molecule has 0 saturated heterocycles. The van der Waals surface area contributed by atoms with Crippen LogP contribution in [0, 0.1) is 5.92 Å². The SMILES string of the molecule is CCCCCCCCCCc1ccc(C(N)CC(CO)CCO)cc1. The summed E-state index contributed by atoms with van der Waals surface area (Å²) in [5.74, 6) is 0.0806. The fourth-order valence-corrected chi connectivity index (χ4v) is 3.36. The maximum absolute atomic E-state index is 9.33. The summed E-state index contributed by atoms with van der Waals surface area (Å²) in [5, 5.41) is 18.3. The van der Waals surface area contributed by atoms with Crippen LogP contribution in [0.1, 0.15) is 88.3 Å². The lowest BCUT2D eigenvalue weighted by atomic mass is 9.93. The van der Waals surface area contributed by atoms with Gasteiger partial charge in [0.1, 0.15) is 0 Å². The Hall–Kier alpha value is -0.900. The van der Waals surface area contributed by atoms with Gasteiger partial charge in [-0.2, -0.15) is 0 Å². The highest BCUT2D eigenvalue weighted by molar-refractivity contribution is 5.25. The van der Waals surface area contributed by atoms with Crippen LogP contribution in [0.5, 0.6) is 0 Å². The van der Waals surface area contributed by atoms with Crippen LogP contribution in [0.25, 0.3) is 0 Å². The van der Waals surface area contributed by atoms with Gasteiger partial charge in [0, 0.05) is 19.3 Å². The molecule has 0 spiro atoms. The standard InChI is InChI=1S/C22H39NO2/c1-2-3-4-5-6-7-8-9-10-19-11-13-21(14-12-19)22(23)17-20(18-25)15-16-24/h11-14,20,22,24-25H,2-10,15-18,23H2,1H3. The number of rotatable bonds is 15. The molecule has 0 bridgehead atoms. The summed E-state index contributed by atoms with van der Waals surface area (Å²) in [6.45, 7) is 2.46. The third-order valence-electron chi connectivity index (χ3n) is 5.11. The normalized spacial score (nSPS) is 13.8. The van der Waals surface area contributed by atoms with Gasteiger partial charge in [0.2, 0.25) is 0 Å². The van der Waals surface area contributed by atoms with Gasteiger partial charge in [-0.25, -0.2) is 0 Å². The first-order chi connectivity index (χ1) is 12.2. The Morgan fingerprint density at radius 2 is 1.48 bits per heavy atom. The minimum absolute atomic E-state index is 0.0686. The maximum Gasteiger partial charge on any atom is 0.0460 e. The van der Waals surface area contributed by atoms with Crippen molar-refractivity contribution in [3.63, 3.8) is 0 Å². The van der Waals surface area contributed by atoms with Gasteiger partial charge in [-0.15, -0.1) is 0 Å². The lowest BCUT2D eigenvalue weighted by molar-refractivity contribution is 0.171. The highest BCUT2D eigenvalue weighted by atomic mass is 16.3. The molecule has 0 amide bonds. The molecule has 0 aromatic heterocycles. The Bertz CT molecular complexity index is 419. The van der Waals surface area contributed by atoms with Gasteiger partial charge < -0.3 is 15.9 Å². The number of aryl methyl sites for hydroxylation is 1. The average molecular weight is 350 g/mol. The number of aliphatic hydroxyl groups is 2. The Labute approximate surface area is 154 Å². The molecule has 0 aliphatic rings. The molecular formula is C22H39NO2. The Kier molecular flexibility index (Phi) is 12.7. The Morgan fingerprint density at radius 1 is 0.880 bits per heavy atom. The zero-order chi connectivity index (χ0) is 18.3. The van der Waals surface area contributed by atoms with Gasteiger partial charge in [0.25, 0.3) is 0 Å². The molecule has 3 nitrogen and oxygen atoms in total. The van der Waals surface area contributed by atoms with E-state index in [-0.39, 0.29) is 25.2 Å². The minimum Gasteiger partial charge on any atom is -0.396 e. The van der Waals surface area contributed by atoms with E-state index in [9.17, 15) is 5.11 Å². The first kappa shape index (κ1) is 22.1. The third-order valence-corrected chi connectivity index (χ3v) is 5.11. The van der Waals surface area contributed by atoms with Crippen LogP contribution in [0.4, 0.5) is 0 Å². The minimum atomic E-state index is -0.0686. The molecule has 0 fully saturated rings. The summed E-state index contributed by atoms with van der Waals surface area (Å²) in [5.41, 5.74) is 8.76. The van der Waals surface area contributed by atoms with E-state index < -0.39 is 0 Å². The fourth-order valence-electron chi connectivity index (χ4n) is 3.36. The Balaban J connectivity index is 2.24. The van der Waals surface area contributed by atoms with Gasteiger partial charge in [-0.3, -0.25) is 0 Å². The lowest BCUT2D eigenvalue weighted by Gasteiger charge is -2.19. The molecule has 0 aliphatic carbocycles. The van der Waals surface area contributed by atoms with Crippen molar-refractivity contribution in [1.29, 1.82) is 0 Å². The van der Waals surface area contributed by atoms with E-state index in [0.717, 1.165) is 12.0 Å².